The number of tetrazole rings is 1. The molecule has 0 unspecified atom stereocenters. The minimum Gasteiger partial charge on any atom is -0.307 e. The molecule has 1 aliphatic rings. The van der Waals surface area contributed by atoms with Crippen LogP contribution in [0.2, 0.25) is 0 Å². The summed E-state index contributed by atoms with van der Waals surface area (Å²) in [7, 11) is 0. The molecule has 0 radical (unpaired) electrons. The average molecular weight is 263 g/mol. The Morgan fingerprint density at radius 2 is 2.39 bits per heavy atom. The number of hydrogen-bond acceptors (Lipinski definition) is 5. The van der Waals surface area contributed by atoms with E-state index < -0.39 is 0 Å². The highest BCUT2D eigenvalue weighted by atomic mass is 32.1. The molecule has 0 saturated heterocycles. The highest BCUT2D eigenvalue weighted by Crippen LogP contribution is 2.20. The molecule has 1 saturated carbocycles. The molecule has 0 aliphatic heterocycles. The van der Waals surface area contributed by atoms with Gasteiger partial charge in [0.2, 0.25) is 0 Å². The maximum Gasteiger partial charge on any atom is 0.165 e. The Hall–Kier alpha value is -1.27. The van der Waals surface area contributed by atoms with E-state index in [1.54, 1.807) is 11.3 Å². The van der Waals surface area contributed by atoms with E-state index >= 15 is 0 Å². The Morgan fingerprint density at radius 1 is 1.50 bits per heavy atom. The fourth-order valence-corrected chi connectivity index (χ4v) is 2.91. The molecular formula is C12H17N5S. The van der Waals surface area contributed by atoms with Gasteiger partial charge in [0.15, 0.2) is 5.82 Å². The minimum absolute atomic E-state index is 0.683. The average Bonchev–Trinajstić information content (AvgIpc) is 2.94. The zero-order valence-electron chi connectivity index (χ0n) is 10.5. The standard InChI is InChI=1S/C12H17N5S/c1-2-9-5-6-18-11(9)8-17-12(14-15-16-17)7-13-10-3-4-10/h5-6,10,13H,2-4,7-8H2,1H3. The molecule has 1 N–H and O–H groups in total. The third-order valence-electron chi connectivity index (χ3n) is 3.24. The highest BCUT2D eigenvalue weighted by molar-refractivity contribution is 7.10. The molecule has 0 spiro atoms. The smallest absolute Gasteiger partial charge is 0.165 e. The van der Waals surface area contributed by atoms with Gasteiger partial charge in [0, 0.05) is 10.9 Å². The van der Waals surface area contributed by atoms with Crippen molar-refractivity contribution in [3.05, 3.63) is 27.7 Å². The second kappa shape index (κ2) is 5.16. The van der Waals surface area contributed by atoms with Crippen LogP contribution < -0.4 is 5.32 Å². The van der Waals surface area contributed by atoms with Crippen LogP contribution in [-0.2, 0) is 19.5 Å². The molecule has 2 heterocycles. The van der Waals surface area contributed by atoms with Crippen LogP contribution in [0.4, 0.5) is 0 Å². The van der Waals surface area contributed by atoms with Crippen LogP contribution in [0, 0.1) is 0 Å². The number of aryl methyl sites for hydroxylation is 1. The zero-order valence-corrected chi connectivity index (χ0v) is 11.3. The fraction of sp³-hybridized carbons (Fsp3) is 0.583. The molecule has 1 aliphatic carbocycles. The zero-order chi connectivity index (χ0) is 12.4. The Bertz CT molecular complexity index is 514. The Balaban J connectivity index is 1.69. The monoisotopic (exact) mass is 263 g/mol. The van der Waals surface area contributed by atoms with Gasteiger partial charge in [-0.3, -0.25) is 0 Å². The number of thiophene rings is 1. The Kier molecular flexibility index (Phi) is 3.38. The lowest BCUT2D eigenvalue weighted by Crippen LogP contribution is -2.19. The van der Waals surface area contributed by atoms with Crippen LogP contribution in [0.3, 0.4) is 0 Å². The van der Waals surface area contributed by atoms with E-state index in [2.05, 4.69) is 39.2 Å². The van der Waals surface area contributed by atoms with Gasteiger partial charge in [-0.1, -0.05) is 6.92 Å². The summed E-state index contributed by atoms with van der Waals surface area (Å²) in [4.78, 5) is 1.36. The van der Waals surface area contributed by atoms with Crippen molar-refractivity contribution in [2.75, 3.05) is 0 Å². The van der Waals surface area contributed by atoms with Gasteiger partial charge in [-0.2, -0.15) is 0 Å². The molecule has 3 rings (SSSR count). The summed E-state index contributed by atoms with van der Waals surface area (Å²) in [6.07, 6.45) is 3.63. The molecule has 0 aromatic carbocycles. The maximum absolute atomic E-state index is 4.10. The van der Waals surface area contributed by atoms with Crippen molar-refractivity contribution in [2.24, 2.45) is 0 Å². The lowest BCUT2D eigenvalue weighted by atomic mass is 10.2. The van der Waals surface area contributed by atoms with Crippen molar-refractivity contribution in [3.8, 4) is 0 Å². The predicted molar refractivity (Wildman–Crippen MR) is 70.5 cm³/mol. The van der Waals surface area contributed by atoms with E-state index in [0.717, 1.165) is 25.3 Å². The lowest BCUT2D eigenvalue weighted by Gasteiger charge is -2.05. The van der Waals surface area contributed by atoms with Crippen LogP contribution in [0.15, 0.2) is 11.4 Å². The van der Waals surface area contributed by atoms with Gasteiger partial charge in [-0.25, -0.2) is 4.68 Å². The molecular weight excluding hydrogens is 246 g/mol. The molecule has 18 heavy (non-hydrogen) atoms. The molecule has 5 nitrogen and oxygen atoms in total. The van der Waals surface area contributed by atoms with Crippen molar-refractivity contribution in [2.45, 2.75) is 45.3 Å². The number of hydrogen-bond donors (Lipinski definition) is 1. The Labute approximate surface area is 110 Å². The van der Waals surface area contributed by atoms with Gasteiger partial charge in [0.05, 0.1) is 13.1 Å². The van der Waals surface area contributed by atoms with Crippen molar-refractivity contribution in [3.63, 3.8) is 0 Å². The van der Waals surface area contributed by atoms with Gasteiger partial charge >= 0.3 is 0 Å². The van der Waals surface area contributed by atoms with E-state index in [4.69, 9.17) is 0 Å². The van der Waals surface area contributed by atoms with Crippen molar-refractivity contribution >= 4 is 11.3 Å². The number of nitrogens with one attached hydrogen (secondary N) is 1. The number of aromatic nitrogens is 4. The summed E-state index contributed by atoms with van der Waals surface area (Å²) in [6, 6.07) is 2.87. The van der Waals surface area contributed by atoms with Crippen LogP contribution in [0.5, 0.6) is 0 Å². The maximum atomic E-state index is 4.10. The first-order valence-electron chi connectivity index (χ1n) is 6.40. The van der Waals surface area contributed by atoms with Gasteiger partial charge in [-0.05, 0) is 46.7 Å². The van der Waals surface area contributed by atoms with E-state index in [-0.39, 0.29) is 0 Å². The molecule has 96 valence electrons. The number of nitrogens with zero attached hydrogens (tertiary/aromatic N) is 4. The van der Waals surface area contributed by atoms with Crippen molar-refractivity contribution in [1.82, 2.24) is 25.5 Å². The molecule has 0 amide bonds. The van der Waals surface area contributed by atoms with Crippen molar-refractivity contribution in [1.29, 1.82) is 0 Å². The third-order valence-corrected chi connectivity index (χ3v) is 4.19. The topological polar surface area (TPSA) is 55.6 Å². The summed E-state index contributed by atoms with van der Waals surface area (Å²) in [6.45, 7) is 3.74. The van der Waals surface area contributed by atoms with Crippen LogP contribution >= 0.6 is 11.3 Å². The highest BCUT2D eigenvalue weighted by Gasteiger charge is 2.21. The van der Waals surface area contributed by atoms with Gasteiger partial charge in [0.25, 0.3) is 0 Å². The second-order valence-electron chi connectivity index (χ2n) is 4.63. The third kappa shape index (κ3) is 2.59. The van der Waals surface area contributed by atoms with Gasteiger partial charge in [0.1, 0.15) is 0 Å². The molecule has 0 bridgehead atoms. The molecule has 1 fully saturated rings. The van der Waals surface area contributed by atoms with Crippen LogP contribution in [0.25, 0.3) is 0 Å². The fourth-order valence-electron chi connectivity index (χ4n) is 1.95. The van der Waals surface area contributed by atoms with Crippen LogP contribution in [-0.4, -0.2) is 26.2 Å². The SMILES string of the molecule is CCc1ccsc1Cn1nnnc1CNC1CC1. The second-order valence-corrected chi connectivity index (χ2v) is 5.63. The molecule has 2 aromatic heterocycles. The van der Waals surface area contributed by atoms with E-state index in [9.17, 15) is 0 Å². The van der Waals surface area contributed by atoms with E-state index in [0.29, 0.717) is 6.04 Å². The predicted octanol–water partition coefficient (Wildman–Crippen LogP) is 1.60. The van der Waals surface area contributed by atoms with Gasteiger partial charge in [-0.15, -0.1) is 16.4 Å². The number of rotatable bonds is 6. The largest absolute Gasteiger partial charge is 0.307 e. The summed E-state index contributed by atoms with van der Waals surface area (Å²) in [5.74, 6) is 0.928. The Morgan fingerprint density at radius 3 is 3.17 bits per heavy atom. The first-order valence-corrected chi connectivity index (χ1v) is 7.28. The molecule has 0 atom stereocenters. The summed E-state index contributed by atoms with van der Waals surface area (Å²) in [5.41, 5.74) is 1.40. The van der Waals surface area contributed by atoms with E-state index in [1.165, 1.54) is 23.3 Å². The normalized spacial score (nSPS) is 15.2. The van der Waals surface area contributed by atoms with Crippen molar-refractivity contribution < 1.29 is 0 Å². The summed E-state index contributed by atoms with van der Waals surface area (Å²) < 4.78 is 1.90. The first kappa shape index (κ1) is 11.8. The van der Waals surface area contributed by atoms with E-state index in [1.807, 2.05) is 4.68 Å². The lowest BCUT2D eigenvalue weighted by molar-refractivity contribution is 0.579. The summed E-state index contributed by atoms with van der Waals surface area (Å²) in [5, 5.41) is 17.6. The molecule has 6 heteroatoms. The van der Waals surface area contributed by atoms with Gasteiger partial charge < -0.3 is 5.32 Å². The quantitative estimate of drug-likeness (QED) is 0.860. The minimum atomic E-state index is 0.683. The summed E-state index contributed by atoms with van der Waals surface area (Å²) >= 11 is 1.78. The first-order chi connectivity index (χ1) is 8.86. The van der Waals surface area contributed by atoms with Crippen LogP contribution in [0.1, 0.15) is 36.0 Å². The molecule has 2 aromatic rings.